The number of aryl methyl sites for hydroxylation is 1. The van der Waals surface area contributed by atoms with Gasteiger partial charge in [0.1, 0.15) is 0 Å². The summed E-state index contributed by atoms with van der Waals surface area (Å²) in [5.41, 5.74) is 4.61. The maximum Gasteiger partial charge on any atom is 0.0402 e. The van der Waals surface area contributed by atoms with Crippen molar-refractivity contribution in [1.29, 1.82) is 0 Å². The molecule has 0 saturated heterocycles. The van der Waals surface area contributed by atoms with Crippen molar-refractivity contribution in [2.45, 2.75) is 38.5 Å². The van der Waals surface area contributed by atoms with Crippen molar-refractivity contribution in [2.24, 2.45) is 5.92 Å². The standard InChI is InChI=1S/C17H26N2/c1-18-10-3-6-14-7-8-16-9-11-19(17(16)12-14)13-15-4-2-5-15/h7-8,12,15,18H,2-6,9-11,13H2,1H3. The normalized spacial score (nSPS) is 18.5. The fourth-order valence-corrected chi connectivity index (χ4v) is 3.29. The third kappa shape index (κ3) is 2.94. The van der Waals surface area contributed by atoms with Gasteiger partial charge in [-0.15, -0.1) is 0 Å². The van der Waals surface area contributed by atoms with Gasteiger partial charge in [0, 0.05) is 18.8 Å². The van der Waals surface area contributed by atoms with E-state index in [0.717, 1.165) is 12.5 Å². The molecule has 1 saturated carbocycles. The van der Waals surface area contributed by atoms with Gasteiger partial charge in [-0.05, 0) is 68.8 Å². The van der Waals surface area contributed by atoms with Crippen molar-refractivity contribution in [3.8, 4) is 0 Å². The van der Waals surface area contributed by atoms with E-state index in [4.69, 9.17) is 0 Å². The first-order valence-electron chi connectivity index (χ1n) is 7.88. The first-order valence-corrected chi connectivity index (χ1v) is 7.88. The van der Waals surface area contributed by atoms with Crippen molar-refractivity contribution in [2.75, 3.05) is 31.6 Å². The topological polar surface area (TPSA) is 15.3 Å². The lowest BCUT2D eigenvalue weighted by atomic mass is 9.85. The lowest BCUT2D eigenvalue weighted by Gasteiger charge is -2.31. The van der Waals surface area contributed by atoms with Crippen LogP contribution in [0, 0.1) is 5.92 Å². The van der Waals surface area contributed by atoms with Crippen LogP contribution < -0.4 is 10.2 Å². The molecule has 3 rings (SSSR count). The molecular weight excluding hydrogens is 232 g/mol. The smallest absolute Gasteiger partial charge is 0.0402 e. The fraction of sp³-hybridized carbons (Fsp3) is 0.647. The second kappa shape index (κ2) is 5.96. The van der Waals surface area contributed by atoms with Crippen molar-refractivity contribution in [1.82, 2.24) is 5.32 Å². The van der Waals surface area contributed by atoms with Crippen molar-refractivity contribution in [3.63, 3.8) is 0 Å². The summed E-state index contributed by atoms with van der Waals surface area (Å²) in [6, 6.07) is 7.16. The maximum absolute atomic E-state index is 3.23. The molecule has 104 valence electrons. The van der Waals surface area contributed by atoms with Gasteiger partial charge in [0.25, 0.3) is 0 Å². The van der Waals surface area contributed by atoms with E-state index >= 15 is 0 Å². The summed E-state index contributed by atoms with van der Waals surface area (Å²) in [5, 5.41) is 3.23. The van der Waals surface area contributed by atoms with Crippen LogP contribution in [0.1, 0.15) is 36.8 Å². The quantitative estimate of drug-likeness (QED) is 0.789. The number of hydrogen-bond acceptors (Lipinski definition) is 2. The Balaban J connectivity index is 1.65. The Labute approximate surface area is 117 Å². The summed E-state index contributed by atoms with van der Waals surface area (Å²) in [6.07, 6.45) is 8.04. The highest BCUT2D eigenvalue weighted by atomic mass is 15.1. The predicted octanol–water partition coefficient (Wildman–Crippen LogP) is 3.00. The summed E-state index contributed by atoms with van der Waals surface area (Å²) in [7, 11) is 2.03. The minimum Gasteiger partial charge on any atom is -0.371 e. The molecule has 1 aromatic carbocycles. The van der Waals surface area contributed by atoms with E-state index in [0.29, 0.717) is 0 Å². The van der Waals surface area contributed by atoms with E-state index in [1.807, 2.05) is 7.05 Å². The van der Waals surface area contributed by atoms with Gasteiger partial charge < -0.3 is 10.2 Å². The average Bonchev–Trinajstić information content (AvgIpc) is 2.77. The molecule has 0 unspecified atom stereocenters. The predicted molar refractivity (Wildman–Crippen MR) is 81.9 cm³/mol. The van der Waals surface area contributed by atoms with Gasteiger partial charge in [0.05, 0.1) is 0 Å². The molecular formula is C17H26N2. The van der Waals surface area contributed by atoms with Crippen molar-refractivity contribution < 1.29 is 0 Å². The molecule has 0 amide bonds. The minimum absolute atomic E-state index is 0.971. The molecule has 2 aliphatic rings. The Bertz CT molecular complexity index is 423. The Morgan fingerprint density at radius 1 is 1.32 bits per heavy atom. The van der Waals surface area contributed by atoms with E-state index in [2.05, 4.69) is 28.4 Å². The first kappa shape index (κ1) is 13.0. The highest BCUT2D eigenvalue weighted by Gasteiger charge is 2.25. The molecule has 1 aromatic rings. The van der Waals surface area contributed by atoms with Gasteiger partial charge in [-0.2, -0.15) is 0 Å². The molecule has 0 radical (unpaired) electrons. The van der Waals surface area contributed by atoms with Gasteiger partial charge in [-0.3, -0.25) is 0 Å². The average molecular weight is 258 g/mol. The second-order valence-electron chi connectivity index (χ2n) is 6.16. The molecule has 2 nitrogen and oxygen atoms in total. The minimum atomic E-state index is 0.971. The van der Waals surface area contributed by atoms with E-state index in [1.54, 1.807) is 5.56 Å². The van der Waals surface area contributed by atoms with Crippen LogP contribution in [0.5, 0.6) is 0 Å². The Kier molecular flexibility index (Phi) is 4.07. The van der Waals surface area contributed by atoms with Crippen LogP contribution in [0.15, 0.2) is 18.2 Å². The monoisotopic (exact) mass is 258 g/mol. The van der Waals surface area contributed by atoms with Gasteiger partial charge in [0.15, 0.2) is 0 Å². The molecule has 0 spiro atoms. The van der Waals surface area contributed by atoms with Gasteiger partial charge in [0.2, 0.25) is 0 Å². The molecule has 0 bridgehead atoms. The highest BCUT2D eigenvalue weighted by Crippen LogP contribution is 2.34. The highest BCUT2D eigenvalue weighted by molar-refractivity contribution is 5.59. The molecule has 19 heavy (non-hydrogen) atoms. The van der Waals surface area contributed by atoms with E-state index in [1.165, 1.54) is 62.9 Å². The molecule has 0 aromatic heterocycles. The fourth-order valence-electron chi connectivity index (χ4n) is 3.29. The second-order valence-corrected chi connectivity index (χ2v) is 6.16. The zero-order chi connectivity index (χ0) is 13.1. The summed E-state index contributed by atoms with van der Waals surface area (Å²) < 4.78 is 0. The number of hydrogen-bond donors (Lipinski definition) is 1. The molecule has 0 atom stereocenters. The SMILES string of the molecule is CNCCCc1ccc2c(c1)N(CC1CCC1)CC2. The Morgan fingerprint density at radius 3 is 2.95 bits per heavy atom. The summed E-state index contributed by atoms with van der Waals surface area (Å²) in [4.78, 5) is 2.64. The number of nitrogens with one attached hydrogen (secondary N) is 1. The number of fused-ring (bicyclic) bond motifs is 1. The van der Waals surface area contributed by atoms with Crippen molar-refractivity contribution in [3.05, 3.63) is 29.3 Å². The third-order valence-corrected chi connectivity index (χ3v) is 4.74. The van der Waals surface area contributed by atoms with Gasteiger partial charge in [-0.1, -0.05) is 18.6 Å². The number of anilines is 1. The molecule has 1 N–H and O–H groups in total. The summed E-state index contributed by atoms with van der Waals surface area (Å²) in [6.45, 7) is 3.65. The van der Waals surface area contributed by atoms with Crippen LogP contribution >= 0.6 is 0 Å². The van der Waals surface area contributed by atoms with Gasteiger partial charge >= 0.3 is 0 Å². The Morgan fingerprint density at radius 2 is 2.21 bits per heavy atom. The zero-order valence-electron chi connectivity index (χ0n) is 12.1. The zero-order valence-corrected chi connectivity index (χ0v) is 12.1. The number of nitrogens with zero attached hydrogens (tertiary/aromatic N) is 1. The Hall–Kier alpha value is -1.02. The van der Waals surface area contributed by atoms with Crippen LogP contribution in [0.3, 0.4) is 0 Å². The molecule has 1 aliphatic heterocycles. The molecule has 1 aliphatic carbocycles. The maximum atomic E-state index is 3.23. The number of benzene rings is 1. The number of rotatable bonds is 6. The molecule has 1 heterocycles. The summed E-state index contributed by atoms with van der Waals surface area (Å²) >= 11 is 0. The van der Waals surface area contributed by atoms with E-state index < -0.39 is 0 Å². The van der Waals surface area contributed by atoms with Crippen LogP contribution in [-0.4, -0.2) is 26.7 Å². The van der Waals surface area contributed by atoms with Crippen LogP contribution in [0.2, 0.25) is 0 Å². The first-order chi connectivity index (χ1) is 9.36. The van der Waals surface area contributed by atoms with Crippen LogP contribution in [-0.2, 0) is 12.8 Å². The van der Waals surface area contributed by atoms with Crippen LogP contribution in [0.25, 0.3) is 0 Å². The van der Waals surface area contributed by atoms with Gasteiger partial charge in [-0.25, -0.2) is 0 Å². The molecule has 2 heteroatoms. The lowest BCUT2D eigenvalue weighted by molar-refractivity contribution is 0.319. The van der Waals surface area contributed by atoms with E-state index in [-0.39, 0.29) is 0 Å². The van der Waals surface area contributed by atoms with Crippen molar-refractivity contribution >= 4 is 5.69 Å². The largest absolute Gasteiger partial charge is 0.371 e. The summed E-state index contributed by atoms with van der Waals surface area (Å²) in [5.74, 6) is 0.971. The van der Waals surface area contributed by atoms with E-state index in [9.17, 15) is 0 Å². The van der Waals surface area contributed by atoms with Crippen LogP contribution in [0.4, 0.5) is 5.69 Å². The lowest BCUT2D eigenvalue weighted by Crippen LogP contribution is -2.31. The molecule has 1 fully saturated rings. The third-order valence-electron chi connectivity index (χ3n) is 4.74.